The maximum absolute atomic E-state index is 12.8. The smallest absolute Gasteiger partial charge is 0.297 e. The number of carbonyl (C=O) groups is 1. The van der Waals surface area contributed by atoms with E-state index < -0.39 is 0 Å². The molecule has 1 amide bonds. The summed E-state index contributed by atoms with van der Waals surface area (Å²) in [5.74, 6) is 0.423. The lowest BCUT2D eigenvalue weighted by Gasteiger charge is -2.15. The molecule has 0 spiro atoms. The molecule has 0 aliphatic heterocycles. The first-order valence-corrected chi connectivity index (χ1v) is 10.9. The average molecular weight is 454 g/mol. The van der Waals surface area contributed by atoms with Crippen molar-refractivity contribution in [2.75, 3.05) is 0 Å². The third kappa shape index (κ3) is 4.38. The fourth-order valence-corrected chi connectivity index (χ4v) is 3.76. The van der Waals surface area contributed by atoms with E-state index in [-0.39, 0.29) is 29.6 Å². The number of carbonyl (C=O) groups excluding carboxylic acids is 1. The van der Waals surface area contributed by atoms with Gasteiger partial charge in [-0.1, -0.05) is 30.3 Å². The highest BCUT2D eigenvalue weighted by Gasteiger charge is 2.16. The number of hydrogen-bond donors (Lipinski definition) is 1. The summed E-state index contributed by atoms with van der Waals surface area (Å²) in [6, 6.07) is 18.4. The fourth-order valence-electron chi connectivity index (χ4n) is 3.76. The van der Waals surface area contributed by atoms with Gasteiger partial charge in [0.15, 0.2) is 0 Å². The predicted molar refractivity (Wildman–Crippen MR) is 127 cm³/mol. The highest BCUT2D eigenvalue weighted by atomic mass is 16.5. The highest BCUT2D eigenvalue weighted by Crippen LogP contribution is 2.24. The Kier molecular flexibility index (Phi) is 5.78. The molecule has 1 unspecified atom stereocenters. The lowest BCUT2D eigenvalue weighted by Crippen LogP contribution is -2.33. The molecule has 0 radical (unpaired) electrons. The van der Waals surface area contributed by atoms with Crippen molar-refractivity contribution >= 4 is 28.0 Å². The van der Waals surface area contributed by atoms with Gasteiger partial charge < -0.3 is 14.5 Å². The van der Waals surface area contributed by atoms with Crippen molar-refractivity contribution in [3.05, 3.63) is 101 Å². The van der Waals surface area contributed by atoms with Crippen LogP contribution in [0.5, 0.6) is 5.75 Å². The van der Waals surface area contributed by atoms with Crippen LogP contribution >= 0.6 is 0 Å². The maximum atomic E-state index is 12.8. The minimum absolute atomic E-state index is 0.145. The molecule has 0 fully saturated rings. The first kappa shape index (κ1) is 21.4. The van der Waals surface area contributed by atoms with E-state index in [1.54, 1.807) is 18.5 Å². The van der Waals surface area contributed by atoms with Gasteiger partial charge in [0.05, 0.1) is 12.4 Å². The number of rotatable bonds is 7. The molecule has 34 heavy (non-hydrogen) atoms. The van der Waals surface area contributed by atoms with E-state index >= 15 is 0 Å². The van der Waals surface area contributed by atoms with E-state index in [1.165, 1.54) is 10.9 Å². The molecule has 0 saturated heterocycles. The molecule has 0 saturated carbocycles. The second-order valence-electron chi connectivity index (χ2n) is 7.96. The Hall–Kier alpha value is -4.46. The van der Waals surface area contributed by atoms with Crippen LogP contribution in [0, 0.1) is 0 Å². The van der Waals surface area contributed by atoms with Crippen molar-refractivity contribution in [3.8, 4) is 5.75 Å². The molecule has 0 bridgehead atoms. The van der Waals surface area contributed by atoms with Crippen LogP contribution in [0.1, 0.15) is 24.1 Å². The van der Waals surface area contributed by atoms with Crippen LogP contribution in [-0.2, 0) is 17.9 Å². The molecule has 0 aliphatic rings. The Balaban J connectivity index is 1.23. The molecule has 8 nitrogen and oxygen atoms in total. The summed E-state index contributed by atoms with van der Waals surface area (Å²) >= 11 is 0. The number of benzene rings is 2. The van der Waals surface area contributed by atoms with Crippen molar-refractivity contribution < 1.29 is 13.9 Å². The third-order valence-corrected chi connectivity index (χ3v) is 5.55. The van der Waals surface area contributed by atoms with Crippen molar-refractivity contribution in [3.63, 3.8) is 0 Å². The number of pyridine rings is 1. The number of aromatic nitrogens is 3. The van der Waals surface area contributed by atoms with Crippen LogP contribution in [0.2, 0.25) is 0 Å². The van der Waals surface area contributed by atoms with E-state index in [0.29, 0.717) is 17.7 Å². The zero-order valence-corrected chi connectivity index (χ0v) is 18.5. The lowest BCUT2D eigenvalue weighted by molar-refractivity contribution is -0.122. The van der Waals surface area contributed by atoms with Crippen LogP contribution in [0.25, 0.3) is 22.1 Å². The Morgan fingerprint density at radius 3 is 2.74 bits per heavy atom. The summed E-state index contributed by atoms with van der Waals surface area (Å²) in [5.41, 5.74) is 2.74. The van der Waals surface area contributed by atoms with Gasteiger partial charge in [-0.2, -0.15) is 0 Å². The summed E-state index contributed by atoms with van der Waals surface area (Å²) in [7, 11) is 0. The van der Waals surface area contributed by atoms with Gasteiger partial charge in [0.1, 0.15) is 30.0 Å². The average Bonchev–Trinajstić information content (AvgIpc) is 3.25. The molecule has 170 valence electrons. The topological polar surface area (TPSA) is 99.2 Å². The molecule has 0 aliphatic carbocycles. The van der Waals surface area contributed by atoms with Crippen molar-refractivity contribution in [2.24, 2.45) is 0 Å². The monoisotopic (exact) mass is 454 g/mol. The summed E-state index contributed by atoms with van der Waals surface area (Å²) in [5, 5.41) is 3.69. The van der Waals surface area contributed by atoms with Gasteiger partial charge in [0, 0.05) is 23.3 Å². The summed E-state index contributed by atoms with van der Waals surface area (Å²) in [6.45, 7) is 2.15. The minimum atomic E-state index is -0.390. The lowest BCUT2D eigenvalue weighted by atomic mass is 10.1. The molecule has 1 N–H and O–H groups in total. The quantitative estimate of drug-likeness (QED) is 0.399. The van der Waals surface area contributed by atoms with Gasteiger partial charge in [-0.15, -0.1) is 0 Å². The molecule has 5 rings (SSSR count). The predicted octanol–water partition coefficient (Wildman–Crippen LogP) is 3.99. The van der Waals surface area contributed by atoms with Gasteiger partial charge in [0.2, 0.25) is 11.5 Å². The zero-order valence-electron chi connectivity index (χ0n) is 18.5. The summed E-state index contributed by atoms with van der Waals surface area (Å²) in [6.07, 6.45) is 4.86. The number of nitrogens with zero attached hydrogens (tertiary/aromatic N) is 3. The number of nitrogens with one attached hydrogen (secondary N) is 1. The van der Waals surface area contributed by atoms with Gasteiger partial charge in [-0.05, 0) is 42.8 Å². The van der Waals surface area contributed by atoms with Gasteiger partial charge in [-0.25, -0.2) is 4.98 Å². The van der Waals surface area contributed by atoms with Crippen LogP contribution < -0.4 is 15.6 Å². The fraction of sp³-hybridized carbons (Fsp3) is 0.154. The van der Waals surface area contributed by atoms with Crippen LogP contribution in [0.4, 0.5) is 0 Å². The summed E-state index contributed by atoms with van der Waals surface area (Å²) < 4.78 is 12.7. The molecular weight excluding hydrogens is 432 g/mol. The van der Waals surface area contributed by atoms with Crippen molar-refractivity contribution in [2.45, 2.75) is 26.1 Å². The number of amides is 1. The number of para-hydroxylation sites is 1. The maximum Gasteiger partial charge on any atom is 0.297 e. The van der Waals surface area contributed by atoms with E-state index in [0.717, 1.165) is 22.3 Å². The Morgan fingerprint density at radius 2 is 1.94 bits per heavy atom. The Labute approximate surface area is 194 Å². The van der Waals surface area contributed by atoms with Crippen molar-refractivity contribution in [1.29, 1.82) is 0 Å². The van der Waals surface area contributed by atoms with E-state index in [2.05, 4.69) is 15.3 Å². The molecule has 1 atom stereocenters. The minimum Gasteiger partial charge on any atom is -0.489 e. The van der Waals surface area contributed by atoms with E-state index in [1.807, 2.05) is 61.5 Å². The zero-order chi connectivity index (χ0) is 23.5. The van der Waals surface area contributed by atoms with Gasteiger partial charge in [0.25, 0.3) is 5.56 Å². The number of fused-ring (bicyclic) bond motifs is 3. The number of hydrogen-bond acceptors (Lipinski definition) is 6. The summed E-state index contributed by atoms with van der Waals surface area (Å²) in [4.78, 5) is 33.9. The molecule has 8 heteroatoms. The molecule has 5 aromatic rings. The molecule has 3 heterocycles. The molecule has 2 aromatic carbocycles. The first-order valence-electron chi connectivity index (χ1n) is 10.9. The largest absolute Gasteiger partial charge is 0.489 e. The number of furan rings is 1. The SMILES string of the molecule is CC(NC(=O)Cn1cnc2c(oc3ccccc32)c1=O)c1ccc(OCc2cccnc2)cc1. The first-order chi connectivity index (χ1) is 16.6. The second-order valence-corrected chi connectivity index (χ2v) is 7.96. The van der Waals surface area contributed by atoms with Gasteiger partial charge in [-0.3, -0.25) is 19.1 Å². The second kappa shape index (κ2) is 9.19. The molecule has 3 aromatic heterocycles. The van der Waals surface area contributed by atoms with Crippen LogP contribution in [0.15, 0.2) is 88.6 Å². The van der Waals surface area contributed by atoms with E-state index in [4.69, 9.17) is 9.15 Å². The Morgan fingerprint density at radius 1 is 1.12 bits per heavy atom. The van der Waals surface area contributed by atoms with Crippen LogP contribution in [0.3, 0.4) is 0 Å². The normalized spacial score (nSPS) is 12.0. The third-order valence-electron chi connectivity index (χ3n) is 5.55. The van der Waals surface area contributed by atoms with E-state index in [9.17, 15) is 9.59 Å². The highest BCUT2D eigenvalue weighted by molar-refractivity contribution is 6.01. The van der Waals surface area contributed by atoms with Gasteiger partial charge >= 0.3 is 0 Å². The standard InChI is InChI=1S/C26H22N4O4/c1-17(19-8-10-20(11-9-19)33-15-18-5-4-12-27-13-18)29-23(31)14-30-16-28-24-21-6-2-3-7-22(21)34-25(24)26(30)32/h2-13,16-17H,14-15H2,1H3,(H,29,31). The van der Waals surface area contributed by atoms with Crippen molar-refractivity contribution in [1.82, 2.24) is 19.9 Å². The van der Waals surface area contributed by atoms with Crippen LogP contribution in [-0.4, -0.2) is 20.4 Å². The molecular formula is C26H22N4O4. The Bertz CT molecular complexity index is 1510. The number of ether oxygens (including phenoxy) is 1.